The van der Waals surface area contributed by atoms with E-state index in [1.54, 1.807) is 0 Å². The first-order valence-corrected chi connectivity index (χ1v) is 7.27. The third-order valence-electron chi connectivity index (χ3n) is 3.20. The molecule has 0 amide bonds. The third kappa shape index (κ3) is 5.26. The molecule has 0 aliphatic carbocycles. The molecule has 1 unspecified atom stereocenters. The van der Waals surface area contributed by atoms with Crippen LogP contribution in [0.5, 0.6) is 0 Å². The van der Waals surface area contributed by atoms with Crippen LogP contribution in [0.4, 0.5) is 0 Å². The van der Waals surface area contributed by atoms with Crippen molar-refractivity contribution >= 4 is 11.8 Å². The highest BCUT2D eigenvalue weighted by molar-refractivity contribution is 7.98. The molecule has 0 heterocycles. The van der Waals surface area contributed by atoms with Gasteiger partial charge in [-0.15, -0.1) is 0 Å². The summed E-state index contributed by atoms with van der Waals surface area (Å²) in [5, 5.41) is 3.37. The second kappa shape index (κ2) is 8.60. The summed E-state index contributed by atoms with van der Waals surface area (Å²) in [6.07, 6.45) is 8.98. The molecular weight excluding hydrogens is 190 g/mol. The quantitative estimate of drug-likeness (QED) is 0.634. The molecule has 0 saturated heterocycles. The molecule has 0 aromatic heterocycles. The Bertz CT molecular complexity index is 117. The maximum atomic E-state index is 3.37. The Morgan fingerprint density at radius 3 is 2.36 bits per heavy atom. The zero-order chi connectivity index (χ0) is 10.9. The number of hydrogen-bond acceptors (Lipinski definition) is 2. The Labute approximate surface area is 94.4 Å². The number of rotatable bonds is 9. The van der Waals surface area contributed by atoms with Crippen molar-refractivity contribution in [2.75, 3.05) is 25.6 Å². The molecule has 0 aromatic carbocycles. The first-order chi connectivity index (χ1) is 6.74. The lowest BCUT2D eigenvalue weighted by molar-refractivity contribution is 0.229. The lowest BCUT2D eigenvalue weighted by atomic mass is 9.78. The van der Waals surface area contributed by atoms with Gasteiger partial charge in [0.25, 0.3) is 0 Å². The lowest BCUT2D eigenvalue weighted by Crippen LogP contribution is -2.32. The molecule has 0 spiro atoms. The van der Waals surface area contributed by atoms with Crippen molar-refractivity contribution in [3.05, 3.63) is 0 Å². The monoisotopic (exact) mass is 217 g/mol. The molecule has 0 aliphatic heterocycles. The predicted molar refractivity (Wildman–Crippen MR) is 69.2 cm³/mol. The van der Waals surface area contributed by atoms with Crippen LogP contribution in [0.3, 0.4) is 0 Å². The van der Waals surface area contributed by atoms with Gasteiger partial charge in [0.1, 0.15) is 0 Å². The second-order valence-corrected chi connectivity index (χ2v) is 5.22. The van der Waals surface area contributed by atoms with Crippen LogP contribution in [0, 0.1) is 5.41 Å². The van der Waals surface area contributed by atoms with Gasteiger partial charge in [-0.25, -0.2) is 0 Å². The maximum absolute atomic E-state index is 3.37. The predicted octanol–water partition coefficient (Wildman–Crippen LogP) is 3.55. The lowest BCUT2D eigenvalue weighted by Gasteiger charge is -2.32. The minimum Gasteiger partial charge on any atom is -0.319 e. The van der Waals surface area contributed by atoms with Gasteiger partial charge in [0.15, 0.2) is 0 Å². The number of thioether (sulfide) groups is 1. The van der Waals surface area contributed by atoms with E-state index >= 15 is 0 Å². The molecule has 1 nitrogen and oxygen atoms in total. The van der Waals surface area contributed by atoms with E-state index in [2.05, 4.69) is 32.5 Å². The molecule has 86 valence electrons. The van der Waals surface area contributed by atoms with Gasteiger partial charge in [-0.1, -0.05) is 26.7 Å². The van der Waals surface area contributed by atoms with Crippen LogP contribution in [0.15, 0.2) is 0 Å². The largest absolute Gasteiger partial charge is 0.319 e. The number of hydrogen-bond donors (Lipinski definition) is 1. The highest BCUT2D eigenvalue weighted by Crippen LogP contribution is 2.33. The Morgan fingerprint density at radius 2 is 1.93 bits per heavy atom. The summed E-state index contributed by atoms with van der Waals surface area (Å²) in [4.78, 5) is 0. The summed E-state index contributed by atoms with van der Waals surface area (Å²) in [5.41, 5.74) is 0.563. The molecular formula is C12H27NS. The van der Waals surface area contributed by atoms with Crippen LogP contribution in [0.1, 0.15) is 46.0 Å². The van der Waals surface area contributed by atoms with Crippen molar-refractivity contribution in [3.63, 3.8) is 0 Å². The smallest absolute Gasteiger partial charge is 0.000500 e. The molecule has 0 rings (SSSR count). The summed E-state index contributed by atoms with van der Waals surface area (Å²) in [6.45, 7) is 5.81. The summed E-state index contributed by atoms with van der Waals surface area (Å²) in [6, 6.07) is 0. The third-order valence-corrected chi connectivity index (χ3v) is 3.81. The molecule has 0 saturated carbocycles. The van der Waals surface area contributed by atoms with E-state index in [4.69, 9.17) is 0 Å². The van der Waals surface area contributed by atoms with E-state index in [0.29, 0.717) is 5.41 Å². The summed E-state index contributed by atoms with van der Waals surface area (Å²) >= 11 is 1.98. The average molecular weight is 217 g/mol. The van der Waals surface area contributed by atoms with Crippen LogP contribution >= 0.6 is 11.8 Å². The SMILES string of the molecule is CCCCC(CC)(CCSC)CNC. The van der Waals surface area contributed by atoms with Gasteiger partial charge in [-0.05, 0) is 43.7 Å². The van der Waals surface area contributed by atoms with Gasteiger partial charge in [0.2, 0.25) is 0 Å². The molecule has 1 N–H and O–H groups in total. The molecule has 0 fully saturated rings. The van der Waals surface area contributed by atoms with Crippen LogP contribution in [0.2, 0.25) is 0 Å². The number of nitrogens with one attached hydrogen (secondary N) is 1. The molecule has 14 heavy (non-hydrogen) atoms. The molecule has 0 bridgehead atoms. The average Bonchev–Trinajstić information content (AvgIpc) is 2.22. The van der Waals surface area contributed by atoms with E-state index in [1.165, 1.54) is 44.4 Å². The highest BCUT2D eigenvalue weighted by Gasteiger charge is 2.25. The van der Waals surface area contributed by atoms with Crippen molar-refractivity contribution in [3.8, 4) is 0 Å². The highest BCUT2D eigenvalue weighted by atomic mass is 32.2. The molecule has 0 aromatic rings. The van der Waals surface area contributed by atoms with Gasteiger partial charge in [-0.2, -0.15) is 11.8 Å². The fraction of sp³-hybridized carbons (Fsp3) is 1.00. The standard InChI is InChI=1S/C12H27NS/c1-5-7-8-12(6-2,11-13-3)9-10-14-4/h13H,5-11H2,1-4H3. The van der Waals surface area contributed by atoms with Crippen molar-refractivity contribution in [1.29, 1.82) is 0 Å². The van der Waals surface area contributed by atoms with Crippen molar-refractivity contribution in [2.45, 2.75) is 46.0 Å². The van der Waals surface area contributed by atoms with Gasteiger partial charge in [0.05, 0.1) is 0 Å². The van der Waals surface area contributed by atoms with Crippen molar-refractivity contribution in [1.82, 2.24) is 5.32 Å². The van der Waals surface area contributed by atoms with E-state index in [-0.39, 0.29) is 0 Å². The van der Waals surface area contributed by atoms with Crippen molar-refractivity contribution < 1.29 is 0 Å². The maximum Gasteiger partial charge on any atom is 0.000500 e. The van der Waals surface area contributed by atoms with Crippen molar-refractivity contribution in [2.24, 2.45) is 5.41 Å². The Hall–Kier alpha value is 0.310. The van der Waals surface area contributed by atoms with E-state index in [9.17, 15) is 0 Å². The fourth-order valence-corrected chi connectivity index (χ4v) is 2.66. The molecule has 0 radical (unpaired) electrons. The zero-order valence-electron chi connectivity index (χ0n) is 10.4. The second-order valence-electron chi connectivity index (χ2n) is 4.23. The summed E-state index contributed by atoms with van der Waals surface area (Å²) in [5.74, 6) is 1.30. The van der Waals surface area contributed by atoms with E-state index < -0.39 is 0 Å². The summed E-state index contributed by atoms with van der Waals surface area (Å²) in [7, 11) is 2.08. The first kappa shape index (κ1) is 14.3. The van der Waals surface area contributed by atoms with Gasteiger partial charge in [0, 0.05) is 6.54 Å². The van der Waals surface area contributed by atoms with Crippen LogP contribution in [-0.2, 0) is 0 Å². The van der Waals surface area contributed by atoms with Gasteiger partial charge < -0.3 is 5.32 Å². The molecule has 2 heteroatoms. The van der Waals surface area contributed by atoms with Crippen LogP contribution in [-0.4, -0.2) is 25.6 Å². The van der Waals surface area contributed by atoms with Crippen LogP contribution < -0.4 is 5.32 Å². The minimum atomic E-state index is 0.563. The Balaban J connectivity index is 4.11. The first-order valence-electron chi connectivity index (χ1n) is 5.88. The van der Waals surface area contributed by atoms with Crippen LogP contribution in [0.25, 0.3) is 0 Å². The topological polar surface area (TPSA) is 12.0 Å². The van der Waals surface area contributed by atoms with Gasteiger partial charge in [-0.3, -0.25) is 0 Å². The minimum absolute atomic E-state index is 0.563. The zero-order valence-corrected chi connectivity index (χ0v) is 11.2. The van der Waals surface area contributed by atoms with E-state index in [1.807, 2.05) is 11.8 Å². The Morgan fingerprint density at radius 1 is 1.21 bits per heavy atom. The number of unbranched alkanes of at least 4 members (excludes halogenated alkanes) is 1. The fourth-order valence-electron chi connectivity index (χ4n) is 2.03. The van der Waals surface area contributed by atoms with Gasteiger partial charge >= 0.3 is 0 Å². The summed E-state index contributed by atoms with van der Waals surface area (Å²) < 4.78 is 0. The molecule has 1 atom stereocenters. The normalized spacial score (nSPS) is 15.4. The van der Waals surface area contributed by atoms with E-state index in [0.717, 1.165) is 0 Å². The Kier molecular flexibility index (Phi) is 8.80. The molecule has 0 aliphatic rings.